The van der Waals surface area contributed by atoms with Crippen molar-refractivity contribution in [2.24, 2.45) is 5.10 Å². The van der Waals surface area contributed by atoms with Crippen LogP contribution in [0.5, 0.6) is 0 Å². The minimum atomic E-state index is -0.828. The molecule has 2 aliphatic rings. The molecule has 0 spiro atoms. The number of carboxylic acid groups (broad SMARTS) is 1. The first-order chi connectivity index (χ1) is 15.5. The van der Waals surface area contributed by atoms with Gasteiger partial charge in [0.25, 0.3) is 5.91 Å². The van der Waals surface area contributed by atoms with Gasteiger partial charge in [-0.25, -0.2) is 0 Å². The summed E-state index contributed by atoms with van der Waals surface area (Å²) in [7, 11) is 0. The van der Waals surface area contributed by atoms with Gasteiger partial charge in [-0.15, -0.1) is 0 Å². The van der Waals surface area contributed by atoms with Crippen molar-refractivity contribution in [1.82, 2.24) is 20.7 Å². The molecule has 0 atom stereocenters. The van der Waals surface area contributed by atoms with Crippen molar-refractivity contribution in [3.8, 4) is 0 Å². The predicted molar refractivity (Wildman–Crippen MR) is 133 cm³/mol. The van der Waals surface area contributed by atoms with E-state index in [0.29, 0.717) is 48.3 Å². The topological polar surface area (TPSA) is 101 Å². The number of allylic oxidation sites excluding steroid dienone is 1. The first-order valence-electron chi connectivity index (χ1n) is 10.9. The standard InChI is InChI=1S/C23H32N6O3S/c1-15(24-25-22(33)28-12-10-27(11-13-28)14-19(30)31)20-16(2)26-29(21(20)32)18-8-6-17(7-9-18)23(3,4)5/h6-9,24H,10-14H2,1-5H3,(H,25,33)(H,30,31)/b20-15-. The van der Waals surface area contributed by atoms with Crippen molar-refractivity contribution >= 4 is 40.6 Å². The van der Waals surface area contributed by atoms with Gasteiger partial charge < -0.3 is 15.4 Å². The van der Waals surface area contributed by atoms with Gasteiger partial charge in [-0.05, 0) is 49.2 Å². The normalized spacial score (nSPS) is 18.8. The Morgan fingerprint density at radius 3 is 2.27 bits per heavy atom. The molecule has 1 fully saturated rings. The monoisotopic (exact) mass is 472 g/mol. The average Bonchev–Trinajstić information content (AvgIpc) is 3.05. The van der Waals surface area contributed by atoms with Crippen LogP contribution in [-0.4, -0.2) is 70.3 Å². The molecule has 3 rings (SSSR count). The van der Waals surface area contributed by atoms with Gasteiger partial charge in [0.2, 0.25) is 0 Å². The smallest absolute Gasteiger partial charge is 0.317 e. The molecular formula is C23H32N6O3S. The molecule has 3 N–H and O–H groups in total. The zero-order chi connectivity index (χ0) is 24.3. The quantitative estimate of drug-likeness (QED) is 0.340. The molecule has 1 amide bonds. The summed E-state index contributed by atoms with van der Waals surface area (Å²) >= 11 is 5.46. The minimum absolute atomic E-state index is 0.0330. The Bertz CT molecular complexity index is 988. The van der Waals surface area contributed by atoms with Crippen molar-refractivity contribution in [2.45, 2.75) is 40.0 Å². The first-order valence-corrected chi connectivity index (χ1v) is 11.3. The van der Waals surface area contributed by atoms with E-state index in [1.54, 1.807) is 6.92 Å². The van der Waals surface area contributed by atoms with Crippen molar-refractivity contribution in [1.29, 1.82) is 0 Å². The maximum atomic E-state index is 13.1. The molecule has 1 aromatic rings. The molecule has 0 radical (unpaired) electrons. The number of hydrazone groups is 1. The molecule has 178 valence electrons. The lowest BCUT2D eigenvalue weighted by Crippen LogP contribution is -2.54. The number of hydrogen-bond donors (Lipinski definition) is 3. The lowest BCUT2D eigenvalue weighted by Gasteiger charge is -2.35. The molecule has 0 aromatic heterocycles. The van der Waals surface area contributed by atoms with Gasteiger partial charge >= 0.3 is 5.97 Å². The fourth-order valence-electron chi connectivity index (χ4n) is 3.80. The first kappa shape index (κ1) is 24.7. The van der Waals surface area contributed by atoms with Crippen LogP contribution in [0.4, 0.5) is 5.69 Å². The maximum absolute atomic E-state index is 13.1. The summed E-state index contributed by atoms with van der Waals surface area (Å²) in [6.45, 7) is 12.6. The summed E-state index contributed by atoms with van der Waals surface area (Å²) in [5, 5.41) is 15.3. The zero-order valence-electron chi connectivity index (χ0n) is 19.8. The van der Waals surface area contributed by atoms with Crippen molar-refractivity contribution in [3.05, 3.63) is 41.1 Å². The number of carbonyl (C=O) groups is 2. The van der Waals surface area contributed by atoms with E-state index >= 15 is 0 Å². The second-order valence-electron chi connectivity index (χ2n) is 9.31. The molecule has 1 aromatic carbocycles. The number of anilines is 1. The van der Waals surface area contributed by atoms with E-state index in [2.05, 4.69) is 36.7 Å². The number of carbonyl (C=O) groups excluding carboxylic acids is 1. The van der Waals surface area contributed by atoms with Crippen LogP contribution in [-0.2, 0) is 15.0 Å². The third-order valence-corrected chi connectivity index (χ3v) is 6.11. The summed E-state index contributed by atoms with van der Waals surface area (Å²) < 4.78 is 0. The van der Waals surface area contributed by atoms with E-state index in [0.717, 1.165) is 5.69 Å². The van der Waals surface area contributed by atoms with Gasteiger partial charge in [-0.2, -0.15) is 10.1 Å². The minimum Gasteiger partial charge on any atom is -0.480 e. The van der Waals surface area contributed by atoms with E-state index < -0.39 is 5.97 Å². The third kappa shape index (κ3) is 5.88. The molecule has 9 nitrogen and oxygen atoms in total. The van der Waals surface area contributed by atoms with Gasteiger partial charge in [0.15, 0.2) is 5.11 Å². The largest absolute Gasteiger partial charge is 0.480 e. The van der Waals surface area contributed by atoms with E-state index in [1.165, 1.54) is 10.6 Å². The van der Waals surface area contributed by atoms with E-state index in [-0.39, 0.29) is 17.9 Å². The number of carboxylic acids is 1. The lowest BCUT2D eigenvalue weighted by molar-refractivity contribution is -0.138. The van der Waals surface area contributed by atoms with Crippen LogP contribution in [0, 0.1) is 0 Å². The van der Waals surface area contributed by atoms with Gasteiger partial charge in [0.1, 0.15) is 0 Å². The number of amides is 1. The SMILES string of the molecule is CC1=NN(c2ccc(C(C)(C)C)cc2)C(=O)/C1=C(/C)NNC(=S)N1CCN(CC(=O)O)CC1. The number of nitrogens with one attached hydrogen (secondary N) is 2. The number of rotatable bonds is 5. The molecule has 0 aliphatic carbocycles. The number of aliphatic carboxylic acids is 1. The highest BCUT2D eigenvalue weighted by Gasteiger charge is 2.31. The molecule has 1 saturated heterocycles. The number of hydrogen-bond acceptors (Lipinski definition) is 6. The second-order valence-corrected chi connectivity index (χ2v) is 9.70. The van der Waals surface area contributed by atoms with Gasteiger partial charge in [0.05, 0.1) is 23.5 Å². The molecule has 33 heavy (non-hydrogen) atoms. The zero-order valence-corrected chi connectivity index (χ0v) is 20.6. The van der Waals surface area contributed by atoms with Crippen LogP contribution in [0.3, 0.4) is 0 Å². The van der Waals surface area contributed by atoms with Crippen LogP contribution in [0.2, 0.25) is 0 Å². The maximum Gasteiger partial charge on any atom is 0.317 e. The van der Waals surface area contributed by atoms with Crippen LogP contribution in [0.1, 0.15) is 40.2 Å². The van der Waals surface area contributed by atoms with Gasteiger partial charge in [-0.3, -0.25) is 19.9 Å². The molecule has 10 heteroatoms. The molecule has 0 bridgehead atoms. The summed E-state index contributed by atoms with van der Waals surface area (Å²) in [5.41, 5.74) is 9.72. The Balaban J connectivity index is 1.61. The number of benzene rings is 1. The average molecular weight is 473 g/mol. The number of hydrazine groups is 1. The van der Waals surface area contributed by atoms with Crippen molar-refractivity contribution < 1.29 is 14.7 Å². The molecule has 2 heterocycles. The summed E-state index contributed by atoms with van der Waals surface area (Å²) in [4.78, 5) is 27.8. The van der Waals surface area contributed by atoms with Gasteiger partial charge in [-0.1, -0.05) is 32.9 Å². The predicted octanol–water partition coefficient (Wildman–Crippen LogP) is 2.06. The third-order valence-electron chi connectivity index (χ3n) is 5.75. The number of piperazine rings is 1. The summed E-state index contributed by atoms with van der Waals surface area (Å²) in [6, 6.07) is 7.88. The highest BCUT2D eigenvalue weighted by molar-refractivity contribution is 7.80. The van der Waals surface area contributed by atoms with Crippen LogP contribution in [0.15, 0.2) is 40.6 Å². The highest BCUT2D eigenvalue weighted by Crippen LogP contribution is 2.28. The summed E-state index contributed by atoms with van der Waals surface area (Å²) in [6.07, 6.45) is 0. The van der Waals surface area contributed by atoms with Crippen LogP contribution < -0.4 is 15.9 Å². The highest BCUT2D eigenvalue weighted by atomic mass is 32.1. The number of thiocarbonyl (C=S) groups is 1. The Morgan fingerprint density at radius 2 is 1.73 bits per heavy atom. The second kappa shape index (κ2) is 9.88. The molecule has 0 saturated carbocycles. The Morgan fingerprint density at radius 1 is 1.12 bits per heavy atom. The lowest BCUT2D eigenvalue weighted by atomic mass is 9.87. The van der Waals surface area contributed by atoms with E-state index in [9.17, 15) is 9.59 Å². The molecule has 2 aliphatic heterocycles. The molecular weight excluding hydrogens is 440 g/mol. The van der Waals surface area contributed by atoms with E-state index in [4.69, 9.17) is 17.3 Å². The van der Waals surface area contributed by atoms with E-state index in [1.807, 2.05) is 41.0 Å². The van der Waals surface area contributed by atoms with Crippen LogP contribution in [0.25, 0.3) is 0 Å². The van der Waals surface area contributed by atoms with Crippen LogP contribution >= 0.6 is 12.2 Å². The summed E-state index contributed by atoms with van der Waals surface area (Å²) in [5.74, 6) is -1.03. The Hall–Kier alpha value is -2.98. The van der Waals surface area contributed by atoms with Gasteiger partial charge in [0, 0.05) is 31.9 Å². The Labute approximate surface area is 200 Å². The number of nitrogens with zero attached hydrogens (tertiary/aromatic N) is 4. The fourth-order valence-corrected chi connectivity index (χ4v) is 4.04. The molecule has 0 unspecified atom stereocenters. The van der Waals surface area contributed by atoms with Crippen molar-refractivity contribution in [3.63, 3.8) is 0 Å². The Kier molecular flexibility index (Phi) is 7.38. The van der Waals surface area contributed by atoms with Crippen molar-refractivity contribution in [2.75, 3.05) is 37.7 Å². The fraction of sp³-hybridized carbons (Fsp3) is 0.478.